The molecule has 1 aromatic rings. The molecule has 2 aliphatic heterocycles. The molecule has 1 aromatic carbocycles. The number of nitrogens with zero attached hydrogens (tertiary/aromatic N) is 1. The van der Waals surface area contributed by atoms with Gasteiger partial charge in [-0.25, -0.2) is 0 Å². The Bertz CT molecular complexity index is 417. The summed E-state index contributed by atoms with van der Waals surface area (Å²) < 4.78 is 10.5. The Balaban J connectivity index is 2.15. The van der Waals surface area contributed by atoms with Crippen LogP contribution in [-0.2, 0) is 13.0 Å². The highest BCUT2D eigenvalue weighted by atomic mass is 16.7. The fourth-order valence-corrected chi connectivity index (χ4v) is 2.18. The van der Waals surface area contributed by atoms with Crippen LogP contribution in [-0.4, -0.2) is 30.4 Å². The summed E-state index contributed by atoms with van der Waals surface area (Å²) in [6.45, 7) is 2.01. The standard InChI is InChI=1S/C11H13NO3/c1-12-3-2-7-4-9-11(15-6-14-9)10(13)8(7)5-12/h4,13H,2-3,5-6H2,1H3. The summed E-state index contributed by atoms with van der Waals surface area (Å²) in [4.78, 5) is 2.18. The lowest BCUT2D eigenvalue weighted by Crippen LogP contribution is -2.26. The van der Waals surface area contributed by atoms with Crippen LogP contribution in [0.25, 0.3) is 0 Å². The van der Waals surface area contributed by atoms with Gasteiger partial charge in [0.1, 0.15) is 0 Å². The summed E-state index contributed by atoms with van der Waals surface area (Å²) in [5, 5.41) is 10.0. The van der Waals surface area contributed by atoms with Crippen molar-refractivity contribution < 1.29 is 14.6 Å². The normalized spacial score (nSPS) is 19.0. The average Bonchev–Trinajstić information content (AvgIpc) is 2.68. The first-order valence-corrected chi connectivity index (χ1v) is 5.07. The molecular formula is C11H13NO3. The van der Waals surface area contributed by atoms with Gasteiger partial charge < -0.3 is 19.5 Å². The molecule has 80 valence electrons. The van der Waals surface area contributed by atoms with E-state index in [1.807, 2.05) is 13.1 Å². The van der Waals surface area contributed by atoms with Crippen LogP contribution in [0.2, 0.25) is 0 Å². The zero-order valence-corrected chi connectivity index (χ0v) is 8.62. The summed E-state index contributed by atoms with van der Waals surface area (Å²) >= 11 is 0. The van der Waals surface area contributed by atoms with Gasteiger partial charge >= 0.3 is 0 Å². The van der Waals surface area contributed by atoms with Gasteiger partial charge in [0.25, 0.3) is 0 Å². The molecule has 0 atom stereocenters. The molecule has 3 rings (SSSR count). The lowest BCUT2D eigenvalue weighted by molar-refractivity contribution is 0.171. The van der Waals surface area contributed by atoms with E-state index in [0.717, 1.165) is 25.1 Å². The minimum atomic E-state index is 0.210. The highest BCUT2D eigenvalue weighted by Crippen LogP contribution is 2.45. The van der Waals surface area contributed by atoms with Gasteiger partial charge in [-0.05, 0) is 25.1 Å². The van der Waals surface area contributed by atoms with Gasteiger partial charge in [-0.3, -0.25) is 0 Å². The van der Waals surface area contributed by atoms with Gasteiger partial charge in [-0.15, -0.1) is 0 Å². The number of phenols is 1. The maximum atomic E-state index is 10.0. The van der Waals surface area contributed by atoms with Gasteiger partial charge in [0, 0.05) is 18.7 Å². The predicted octanol–water partition coefficient (Wildman–Crippen LogP) is 1.11. The molecule has 1 N–H and O–H groups in total. The number of rotatable bonds is 0. The van der Waals surface area contributed by atoms with Gasteiger partial charge in [-0.2, -0.15) is 0 Å². The molecule has 0 amide bonds. The van der Waals surface area contributed by atoms with Crippen LogP contribution >= 0.6 is 0 Å². The van der Waals surface area contributed by atoms with E-state index in [2.05, 4.69) is 4.90 Å². The van der Waals surface area contributed by atoms with Crippen molar-refractivity contribution in [1.82, 2.24) is 4.90 Å². The smallest absolute Gasteiger partial charge is 0.231 e. The highest BCUT2D eigenvalue weighted by molar-refractivity contribution is 5.59. The fourth-order valence-electron chi connectivity index (χ4n) is 2.18. The topological polar surface area (TPSA) is 41.9 Å². The molecule has 0 aromatic heterocycles. The summed E-state index contributed by atoms with van der Waals surface area (Å²) in [6, 6.07) is 1.99. The Morgan fingerprint density at radius 3 is 3.13 bits per heavy atom. The Hall–Kier alpha value is -1.42. The van der Waals surface area contributed by atoms with Crippen LogP contribution in [0.1, 0.15) is 11.1 Å². The fraction of sp³-hybridized carbons (Fsp3) is 0.455. The van der Waals surface area contributed by atoms with E-state index in [9.17, 15) is 5.11 Å². The summed E-state index contributed by atoms with van der Waals surface area (Å²) in [5.41, 5.74) is 2.16. The maximum absolute atomic E-state index is 10.0. The Kier molecular flexibility index (Phi) is 1.79. The van der Waals surface area contributed by atoms with Gasteiger partial charge in [0.05, 0.1) is 0 Å². The van der Waals surface area contributed by atoms with Gasteiger partial charge in [-0.1, -0.05) is 0 Å². The third kappa shape index (κ3) is 1.25. The second-order valence-corrected chi connectivity index (χ2v) is 4.08. The minimum Gasteiger partial charge on any atom is -0.504 e. The van der Waals surface area contributed by atoms with E-state index in [4.69, 9.17) is 9.47 Å². The van der Waals surface area contributed by atoms with Crippen molar-refractivity contribution in [1.29, 1.82) is 0 Å². The van der Waals surface area contributed by atoms with Crippen molar-refractivity contribution in [3.05, 3.63) is 17.2 Å². The quantitative estimate of drug-likeness (QED) is 0.692. The first-order chi connectivity index (χ1) is 7.25. The third-order valence-corrected chi connectivity index (χ3v) is 3.03. The van der Waals surface area contributed by atoms with E-state index in [1.54, 1.807) is 0 Å². The molecule has 0 saturated heterocycles. The summed E-state index contributed by atoms with van der Waals surface area (Å²) in [7, 11) is 2.05. The van der Waals surface area contributed by atoms with Crippen LogP contribution < -0.4 is 9.47 Å². The zero-order valence-electron chi connectivity index (χ0n) is 8.62. The number of phenolic OH excluding ortho intramolecular Hbond substituents is 1. The van der Waals surface area contributed by atoms with E-state index in [1.165, 1.54) is 5.56 Å². The first-order valence-electron chi connectivity index (χ1n) is 5.07. The van der Waals surface area contributed by atoms with E-state index in [0.29, 0.717) is 11.5 Å². The Morgan fingerprint density at radius 2 is 2.27 bits per heavy atom. The molecule has 0 saturated carbocycles. The number of ether oxygens (including phenoxy) is 2. The summed E-state index contributed by atoms with van der Waals surface area (Å²) in [6.07, 6.45) is 0.954. The maximum Gasteiger partial charge on any atom is 0.231 e. The largest absolute Gasteiger partial charge is 0.504 e. The molecule has 4 heteroatoms. The van der Waals surface area contributed by atoms with Crippen LogP contribution in [0, 0.1) is 0 Å². The monoisotopic (exact) mass is 207 g/mol. The molecule has 2 aliphatic rings. The van der Waals surface area contributed by atoms with Crippen molar-refractivity contribution in [2.75, 3.05) is 20.4 Å². The molecule has 0 radical (unpaired) electrons. The van der Waals surface area contributed by atoms with Crippen LogP contribution in [0.5, 0.6) is 17.2 Å². The number of hydrogen-bond acceptors (Lipinski definition) is 4. The molecular weight excluding hydrogens is 194 g/mol. The van der Waals surface area contributed by atoms with Crippen molar-refractivity contribution in [2.45, 2.75) is 13.0 Å². The van der Waals surface area contributed by atoms with Crippen molar-refractivity contribution in [3.63, 3.8) is 0 Å². The van der Waals surface area contributed by atoms with Crippen molar-refractivity contribution in [3.8, 4) is 17.2 Å². The molecule has 0 unspecified atom stereocenters. The van der Waals surface area contributed by atoms with Gasteiger partial charge in [0.15, 0.2) is 11.5 Å². The minimum absolute atomic E-state index is 0.210. The number of aromatic hydroxyl groups is 1. The molecule has 0 aliphatic carbocycles. The van der Waals surface area contributed by atoms with Gasteiger partial charge in [0.2, 0.25) is 12.5 Å². The Labute approximate surface area is 88.0 Å². The zero-order chi connectivity index (χ0) is 10.4. The number of hydrogen-bond donors (Lipinski definition) is 1. The molecule has 15 heavy (non-hydrogen) atoms. The molecule has 0 fully saturated rings. The molecule has 2 heterocycles. The first kappa shape index (κ1) is 8.85. The predicted molar refractivity (Wildman–Crippen MR) is 54.3 cm³/mol. The third-order valence-electron chi connectivity index (χ3n) is 3.03. The second-order valence-electron chi connectivity index (χ2n) is 4.08. The lowest BCUT2D eigenvalue weighted by Gasteiger charge is -2.25. The number of likely N-dealkylation sites (N-methyl/N-ethyl adjacent to an activating group) is 1. The second kappa shape index (κ2) is 3.03. The molecule has 4 nitrogen and oxygen atoms in total. The summed E-state index contributed by atoms with van der Waals surface area (Å²) in [5.74, 6) is 1.44. The van der Waals surface area contributed by atoms with Crippen LogP contribution in [0.3, 0.4) is 0 Å². The molecule has 0 bridgehead atoms. The van der Waals surface area contributed by atoms with Crippen molar-refractivity contribution in [2.24, 2.45) is 0 Å². The Morgan fingerprint density at radius 1 is 1.40 bits per heavy atom. The molecule has 0 spiro atoms. The van der Waals surface area contributed by atoms with Crippen molar-refractivity contribution >= 4 is 0 Å². The average molecular weight is 207 g/mol. The number of benzene rings is 1. The van der Waals surface area contributed by atoms with Crippen LogP contribution in [0.4, 0.5) is 0 Å². The number of fused-ring (bicyclic) bond motifs is 2. The van der Waals surface area contributed by atoms with E-state index >= 15 is 0 Å². The lowest BCUT2D eigenvalue weighted by atomic mass is 9.98. The highest BCUT2D eigenvalue weighted by Gasteiger charge is 2.26. The SMILES string of the molecule is CN1CCc2cc3c(c(O)c2C1)OCO3. The van der Waals surface area contributed by atoms with E-state index in [-0.39, 0.29) is 12.5 Å². The van der Waals surface area contributed by atoms with Crippen LogP contribution in [0.15, 0.2) is 6.07 Å². The van der Waals surface area contributed by atoms with E-state index < -0.39 is 0 Å².